The van der Waals surface area contributed by atoms with Crippen molar-refractivity contribution in [1.82, 2.24) is 9.55 Å². The number of hydrogen-bond donors (Lipinski definition) is 2. The van der Waals surface area contributed by atoms with Crippen LogP contribution in [0, 0.1) is 0 Å². The van der Waals surface area contributed by atoms with Gasteiger partial charge in [0.05, 0.1) is 12.8 Å². The summed E-state index contributed by atoms with van der Waals surface area (Å²) >= 11 is 5.86. The first-order valence-electron chi connectivity index (χ1n) is 6.96. The zero-order valence-electron chi connectivity index (χ0n) is 12.3. The van der Waals surface area contributed by atoms with Gasteiger partial charge < -0.3 is 14.7 Å². The highest BCUT2D eigenvalue weighted by atomic mass is 35.5. The van der Waals surface area contributed by atoms with Gasteiger partial charge in [0.2, 0.25) is 0 Å². The molecule has 8 heteroatoms. The molecule has 1 amide bonds. The first-order valence-corrected chi connectivity index (χ1v) is 7.34. The van der Waals surface area contributed by atoms with Crippen molar-refractivity contribution in [3.8, 4) is 0 Å². The third kappa shape index (κ3) is 3.31. The Balaban J connectivity index is 1.92. The summed E-state index contributed by atoms with van der Waals surface area (Å²) in [5, 5.41) is 3.01. The predicted molar refractivity (Wildman–Crippen MR) is 88.5 cm³/mol. The minimum Gasteiger partial charge on any atom is -0.467 e. The summed E-state index contributed by atoms with van der Waals surface area (Å²) in [6.07, 6.45) is 2.52. The van der Waals surface area contributed by atoms with E-state index in [9.17, 15) is 14.4 Å². The number of rotatable bonds is 4. The van der Waals surface area contributed by atoms with E-state index in [1.165, 1.54) is 6.26 Å². The van der Waals surface area contributed by atoms with Crippen molar-refractivity contribution in [1.29, 1.82) is 0 Å². The fourth-order valence-electron chi connectivity index (χ4n) is 2.14. The fraction of sp³-hybridized carbons (Fsp3) is 0.0625. The normalized spacial score (nSPS) is 10.5. The van der Waals surface area contributed by atoms with E-state index >= 15 is 0 Å². The molecule has 7 nitrogen and oxygen atoms in total. The average Bonchev–Trinajstić information content (AvgIpc) is 3.04. The highest BCUT2D eigenvalue weighted by molar-refractivity contribution is 6.30. The molecular weight excluding hydrogens is 334 g/mol. The average molecular weight is 346 g/mol. The van der Waals surface area contributed by atoms with Gasteiger partial charge >= 0.3 is 5.69 Å². The summed E-state index contributed by atoms with van der Waals surface area (Å²) in [5.74, 6) is -0.221. The Morgan fingerprint density at radius 1 is 1.25 bits per heavy atom. The predicted octanol–water partition coefficient (Wildman–Crippen LogP) is 2.08. The number of benzene rings is 1. The lowest BCUT2D eigenvalue weighted by molar-refractivity contribution is 0.102. The smallest absolute Gasteiger partial charge is 0.328 e. The Kier molecular flexibility index (Phi) is 4.35. The van der Waals surface area contributed by atoms with Gasteiger partial charge in [-0.05, 0) is 30.3 Å². The standard InChI is InChI=1S/C16H12ClN3O4/c17-10-3-1-4-11(7-10)19-14(21)13-8-18-16(23)20(15(13)22)9-12-5-2-6-24-12/h1-8H,9H2,(H,18,23)(H,19,21). The number of aromatic nitrogens is 2. The van der Waals surface area contributed by atoms with E-state index in [0.29, 0.717) is 16.5 Å². The summed E-state index contributed by atoms with van der Waals surface area (Å²) in [5.41, 5.74) is -1.10. The number of carbonyl (C=O) groups excluding carboxylic acids is 1. The van der Waals surface area contributed by atoms with Gasteiger partial charge in [-0.15, -0.1) is 0 Å². The number of furan rings is 1. The van der Waals surface area contributed by atoms with Gasteiger partial charge in [0.25, 0.3) is 11.5 Å². The van der Waals surface area contributed by atoms with Crippen molar-refractivity contribution in [2.75, 3.05) is 5.32 Å². The van der Waals surface area contributed by atoms with Crippen LogP contribution >= 0.6 is 11.6 Å². The van der Waals surface area contributed by atoms with Crippen LogP contribution in [-0.2, 0) is 6.54 Å². The van der Waals surface area contributed by atoms with E-state index in [0.717, 1.165) is 10.8 Å². The van der Waals surface area contributed by atoms with Crippen LogP contribution in [0.5, 0.6) is 0 Å². The van der Waals surface area contributed by atoms with Gasteiger partial charge in [0.15, 0.2) is 0 Å². The lowest BCUT2D eigenvalue weighted by Gasteiger charge is -2.07. The zero-order valence-corrected chi connectivity index (χ0v) is 13.0. The molecule has 3 rings (SSSR count). The molecule has 0 unspecified atom stereocenters. The van der Waals surface area contributed by atoms with E-state index in [4.69, 9.17) is 16.0 Å². The maximum atomic E-state index is 12.4. The number of nitrogens with one attached hydrogen (secondary N) is 2. The van der Waals surface area contributed by atoms with Crippen molar-refractivity contribution < 1.29 is 9.21 Å². The minimum absolute atomic E-state index is 0.0700. The Morgan fingerprint density at radius 3 is 2.79 bits per heavy atom. The number of H-pyrrole nitrogens is 1. The maximum Gasteiger partial charge on any atom is 0.328 e. The second-order valence-corrected chi connectivity index (χ2v) is 5.38. The highest BCUT2D eigenvalue weighted by Crippen LogP contribution is 2.15. The number of carbonyl (C=O) groups is 1. The number of amides is 1. The lowest BCUT2D eigenvalue weighted by atomic mass is 10.2. The van der Waals surface area contributed by atoms with Crippen molar-refractivity contribution >= 4 is 23.2 Å². The van der Waals surface area contributed by atoms with E-state index in [1.807, 2.05) is 0 Å². The molecule has 0 saturated heterocycles. The monoisotopic (exact) mass is 345 g/mol. The van der Waals surface area contributed by atoms with E-state index in [1.54, 1.807) is 36.4 Å². The number of nitrogens with zero attached hydrogens (tertiary/aromatic N) is 1. The van der Waals surface area contributed by atoms with Gasteiger partial charge in [0, 0.05) is 16.9 Å². The first kappa shape index (κ1) is 15.8. The summed E-state index contributed by atoms with van der Waals surface area (Å²) < 4.78 is 6.02. The molecule has 2 heterocycles. The molecule has 0 saturated carbocycles. The molecule has 3 aromatic rings. The van der Waals surface area contributed by atoms with Crippen LogP contribution in [-0.4, -0.2) is 15.5 Å². The second-order valence-electron chi connectivity index (χ2n) is 4.94. The van der Waals surface area contributed by atoms with Crippen LogP contribution < -0.4 is 16.6 Å². The molecule has 0 aliphatic heterocycles. The summed E-state index contributed by atoms with van der Waals surface area (Å²) in [7, 11) is 0. The quantitative estimate of drug-likeness (QED) is 0.756. The Labute approximate surface area is 140 Å². The molecule has 0 aliphatic carbocycles. The third-order valence-corrected chi connectivity index (χ3v) is 3.52. The van der Waals surface area contributed by atoms with Crippen molar-refractivity contribution in [2.24, 2.45) is 0 Å². The highest BCUT2D eigenvalue weighted by Gasteiger charge is 2.16. The van der Waals surface area contributed by atoms with Gasteiger partial charge in [-0.2, -0.15) is 0 Å². The molecule has 2 N–H and O–H groups in total. The topological polar surface area (TPSA) is 97.1 Å². The second kappa shape index (κ2) is 6.59. The van der Waals surface area contributed by atoms with Crippen LogP contribution in [0.2, 0.25) is 5.02 Å². The van der Waals surface area contributed by atoms with Crippen LogP contribution in [0.3, 0.4) is 0 Å². The molecule has 1 aromatic carbocycles. The van der Waals surface area contributed by atoms with Crippen molar-refractivity contribution in [2.45, 2.75) is 6.54 Å². The fourth-order valence-corrected chi connectivity index (χ4v) is 2.33. The Bertz CT molecular complexity index is 989. The Morgan fingerprint density at radius 2 is 2.08 bits per heavy atom. The van der Waals surface area contributed by atoms with E-state index in [2.05, 4.69) is 10.3 Å². The van der Waals surface area contributed by atoms with E-state index in [-0.39, 0.29) is 12.1 Å². The number of anilines is 1. The maximum absolute atomic E-state index is 12.4. The molecule has 24 heavy (non-hydrogen) atoms. The molecule has 0 bridgehead atoms. The van der Waals surface area contributed by atoms with Crippen LogP contribution in [0.15, 0.2) is 62.9 Å². The zero-order chi connectivity index (χ0) is 17.1. The van der Waals surface area contributed by atoms with Gasteiger partial charge in [0.1, 0.15) is 11.3 Å². The van der Waals surface area contributed by atoms with Crippen LogP contribution in [0.1, 0.15) is 16.1 Å². The van der Waals surface area contributed by atoms with Crippen LogP contribution in [0.4, 0.5) is 5.69 Å². The number of halogens is 1. The molecule has 2 aromatic heterocycles. The molecule has 0 spiro atoms. The molecule has 0 radical (unpaired) electrons. The lowest BCUT2D eigenvalue weighted by Crippen LogP contribution is -2.39. The molecule has 0 atom stereocenters. The Hall–Kier alpha value is -3.06. The SMILES string of the molecule is O=C(Nc1cccc(Cl)c1)c1c[nH]c(=O)n(Cc2ccco2)c1=O. The summed E-state index contributed by atoms with van der Waals surface area (Å²) in [6.45, 7) is -0.0700. The largest absolute Gasteiger partial charge is 0.467 e. The number of hydrogen-bond acceptors (Lipinski definition) is 4. The number of aromatic amines is 1. The van der Waals surface area contributed by atoms with Gasteiger partial charge in [-0.25, -0.2) is 4.79 Å². The molecule has 0 fully saturated rings. The van der Waals surface area contributed by atoms with E-state index < -0.39 is 17.2 Å². The van der Waals surface area contributed by atoms with Gasteiger partial charge in [-0.3, -0.25) is 14.2 Å². The summed E-state index contributed by atoms with van der Waals surface area (Å²) in [4.78, 5) is 39.0. The summed E-state index contributed by atoms with van der Waals surface area (Å²) in [6, 6.07) is 9.78. The third-order valence-electron chi connectivity index (χ3n) is 3.28. The molecule has 122 valence electrons. The molecular formula is C16H12ClN3O4. The van der Waals surface area contributed by atoms with Crippen LogP contribution in [0.25, 0.3) is 0 Å². The molecule has 0 aliphatic rings. The van der Waals surface area contributed by atoms with Crippen molar-refractivity contribution in [3.05, 3.63) is 86.0 Å². The minimum atomic E-state index is -0.713. The first-order chi connectivity index (χ1) is 11.5. The van der Waals surface area contributed by atoms with Crippen molar-refractivity contribution in [3.63, 3.8) is 0 Å². The van der Waals surface area contributed by atoms with Gasteiger partial charge in [-0.1, -0.05) is 17.7 Å².